The van der Waals surface area contributed by atoms with Crippen molar-refractivity contribution in [3.05, 3.63) is 0 Å². The Morgan fingerprint density at radius 3 is 1.95 bits per heavy atom. The molecule has 2 rings (SSSR count). The van der Waals surface area contributed by atoms with Crippen LogP contribution in [0.25, 0.3) is 0 Å². The molecule has 20 heavy (non-hydrogen) atoms. The monoisotopic (exact) mass is 280 g/mol. The standard InChI is InChI=1S/C18H36N2/c1-13(2)15-8-10-20(11-9-15)18-12-16(14(3)4)6-7-17(18)19-5/h13-19H,6-12H2,1-5H3. The molecule has 0 radical (unpaired) electrons. The molecule has 1 saturated carbocycles. The number of nitrogens with zero attached hydrogens (tertiary/aromatic N) is 1. The molecular weight excluding hydrogens is 244 g/mol. The Bertz CT molecular complexity index is 279. The summed E-state index contributed by atoms with van der Waals surface area (Å²) in [5.41, 5.74) is 0. The molecule has 0 aromatic carbocycles. The van der Waals surface area contributed by atoms with E-state index in [2.05, 4.69) is 45.0 Å². The zero-order chi connectivity index (χ0) is 14.7. The van der Waals surface area contributed by atoms with E-state index in [1.165, 1.54) is 45.2 Å². The van der Waals surface area contributed by atoms with Crippen LogP contribution in [0.5, 0.6) is 0 Å². The zero-order valence-electron chi connectivity index (χ0n) is 14.4. The second kappa shape index (κ2) is 7.26. The topological polar surface area (TPSA) is 15.3 Å². The van der Waals surface area contributed by atoms with Crippen LogP contribution in [0.3, 0.4) is 0 Å². The van der Waals surface area contributed by atoms with E-state index >= 15 is 0 Å². The van der Waals surface area contributed by atoms with Crippen molar-refractivity contribution in [2.45, 2.75) is 71.9 Å². The molecule has 118 valence electrons. The Hall–Kier alpha value is -0.0800. The number of rotatable bonds is 4. The maximum Gasteiger partial charge on any atom is 0.0251 e. The third-order valence-electron chi connectivity index (χ3n) is 6.16. The van der Waals surface area contributed by atoms with Crippen LogP contribution in [0, 0.1) is 23.7 Å². The molecule has 2 heteroatoms. The number of likely N-dealkylation sites (N-methyl/N-ethyl adjacent to an activating group) is 1. The van der Waals surface area contributed by atoms with Gasteiger partial charge in [-0.1, -0.05) is 27.7 Å². The van der Waals surface area contributed by atoms with E-state index in [0.717, 1.165) is 35.8 Å². The summed E-state index contributed by atoms with van der Waals surface area (Å²) < 4.78 is 0. The molecule has 3 unspecified atom stereocenters. The van der Waals surface area contributed by atoms with Gasteiger partial charge in [-0.05, 0) is 75.9 Å². The highest BCUT2D eigenvalue weighted by Crippen LogP contribution is 2.35. The minimum atomic E-state index is 0.723. The number of likely N-dealkylation sites (tertiary alicyclic amines) is 1. The number of piperidine rings is 1. The molecule has 1 saturated heterocycles. The number of nitrogens with one attached hydrogen (secondary N) is 1. The van der Waals surface area contributed by atoms with E-state index in [9.17, 15) is 0 Å². The van der Waals surface area contributed by atoms with Crippen LogP contribution in [-0.2, 0) is 0 Å². The highest BCUT2D eigenvalue weighted by Gasteiger charge is 2.36. The van der Waals surface area contributed by atoms with Crippen molar-refractivity contribution < 1.29 is 0 Å². The Morgan fingerprint density at radius 2 is 1.45 bits per heavy atom. The maximum absolute atomic E-state index is 3.60. The molecule has 0 aromatic heterocycles. The summed E-state index contributed by atoms with van der Waals surface area (Å²) in [5, 5.41) is 3.60. The van der Waals surface area contributed by atoms with E-state index < -0.39 is 0 Å². The van der Waals surface area contributed by atoms with Gasteiger partial charge < -0.3 is 5.32 Å². The molecule has 2 aliphatic rings. The Kier molecular flexibility index (Phi) is 5.92. The van der Waals surface area contributed by atoms with E-state index in [4.69, 9.17) is 0 Å². The predicted octanol–water partition coefficient (Wildman–Crippen LogP) is 3.77. The molecule has 2 nitrogen and oxygen atoms in total. The first-order valence-electron chi connectivity index (χ1n) is 8.94. The summed E-state index contributed by atoms with van der Waals surface area (Å²) in [4.78, 5) is 2.81. The molecule has 1 aliphatic heterocycles. The third-order valence-corrected chi connectivity index (χ3v) is 6.16. The molecule has 1 heterocycles. The average molecular weight is 281 g/mol. The molecule has 0 amide bonds. The molecular formula is C18H36N2. The fourth-order valence-corrected chi connectivity index (χ4v) is 4.44. The molecule has 0 aromatic rings. The van der Waals surface area contributed by atoms with Gasteiger partial charge >= 0.3 is 0 Å². The Morgan fingerprint density at radius 1 is 0.850 bits per heavy atom. The van der Waals surface area contributed by atoms with Gasteiger partial charge in [-0.25, -0.2) is 0 Å². The minimum absolute atomic E-state index is 0.723. The molecule has 2 fully saturated rings. The van der Waals surface area contributed by atoms with Gasteiger partial charge in [0.1, 0.15) is 0 Å². The van der Waals surface area contributed by atoms with Crippen molar-refractivity contribution in [1.82, 2.24) is 10.2 Å². The summed E-state index contributed by atoms with van der Waals surface area (Å²) in [6, 6.07) is 1.51. The zero-order valence-corrected chi connectivity index (χ0v) is 14.4. The summed E-state index contributed by atoms with van der Waals surface area (Å²) in [5.74, 6) is 3.62. The van der Waals surface area contributed by atoms with Gasteiger partial charge in [0, 0.05) is 12.1 Å². The quantitative estimate of drug-likeness (QED) is 0.843. The normalized spacial score (nSPS) is 34.0. The SMILES string of the molecule is CNC1CCC(C(C)C)CC1N1CCC(C(C)C)CC1. The summed E-state index contributed by atoms with van der Waals surface area (Å²) in [6.07, 6.45) is 7.03. The second-order valence-electron chi connectivity index (χ2n) is 7.90. The van der Waals surface area contributed by atoms with Gasteiger partial charge in [-0.3, -0.25) is 4.90 Å². The van der Waals surface area contributed by atoms with Crippen molar-refractivity contribution in [2.24, 2.45) is 23.7 Å². The largest absolute Gasteiger partial charge is 0.315 e. The lowest BCUT2D eigenvalue weighted by Crippen LogP contribution is -2.55. The van der Waals surface area contributed by atoms with Gasteiger partial charge in [0.25, 0.3) is 0 Å². The first-order chi connectivity index (χ1) is 9.52. The summed E-state index contributed by atoms with van der Waals surface area (Å²) >= 11 is 0. The number of hydrogen-bond donors (Lipinski definition) is 1. The molecule has 0 bridgehead atoms. The van der Waals surface area contributed by atoms with E-state index in [0.29, 0.717) is 0 Å². The van der Waals surface area contributed by atoms with Gasteiger partial charge in [0.05, 0.1) is 0 Å². The fourth-order valence-electron chi connectivity index (χ4n) is 4.44. The van der Waals surface area contributed by atoms with Gasteiger partial charge in [-0.15, -0.1) is 0 Å². The van der Waals surface area contributed by atoms with Crippen molar-refractivity contribution in [1.29, 1.82) is 0 Å². The van der Waals surface area contributed by atoms with Crippen molar-refractivity contribution in [2.75, 3.05) is 20.1 Å². The van der Waals surface area contributed by atoms with Crippen LogP contribution in [0.4, 0.5) is 0 Å². The average Bonchev–Trinajstić information content (AvgIpc) is 2.46. The van der Waals surface area contributed by atoms with Crippen LogP contribution in [-0.4, -0.2) is 37.1 Å². The van der Waals surface area contributed by atoms with E-state index in [-0.39, 0.29) is 0 Å². The molecule has 3 atom stereocenters. The van der Waals surface area contributed by atoms with E-state index in [1.54, 1.807) is 0 Å². The maximum atomic E-state index is 3.60. The Balaban J connectivity index is 1.94. The van der Waals surface area contributed by atoms with Gasteiger partial charge in [-0.2, -0.15) is 0 Å². The lowest BCUT2D eigenvalue weighted by atomic mass is 9.75. The fraction of sp³-hybridized carbons (Fsp3) is 1.00. The highest BCUT2D eigenvalue weighted by molar-refractivity contribution is 4.93. The smallest absolute Gasteiger partial charge is 0.0251 e. The molecule has 1 N–H and O–H groups in total. The van der Waals surface area contributed by atoms with Crippen LogP contribution < -0.4 is 5.32 Å². The Labute approximate surface area is 126 Å². The van der Waals surface area contributed by atoms with Crippen molar-refractivity contribution in [3.8, 4) is 0 Å². The summed E-state index contributed by atoms with van der Waals surface area (Å²) in [6.45, 7) is 12.3. The van der Waals surface area contributed by atoms with Crippen LogP contribution in [0.15, 0.2) is 0 Å². The molecule has 0 spiro atoms. The van der Waals surface area contributed by atoms with Crippen molar-refractivity contribution >= 4 is 0 Å². The second-order valence-corrected chi connectivity index (χ2v) is 7.90. The van der Waals surface area contributed by atoms with Crippen LogP contribution >= 0.6 is 0 Å². The van der Waals surface area contributed by atoms with Gasteiger partial charge in [0.2, 0.25) is 0 Å². The first-order valence-corrected chi connectivity index (χ1v) is 8.94. The third kappa shape index (κ3) is 3.76. The van der Waals surface area contributed by atoms with Crippen molar-refractivity contribution in [3.63, 3.8) is 0 Å². The molecule has 1 aliphatic carbocycles. The van der Waals surface area contributed by atoms with Crippen LogP contribution in [0.2, 0.25) is 0 Å². The highest BCUT2D eigenvalue weighted by atomic mass is 15.2. The predicted molar refractivity (Wildman–Crippen MR) is 87.9 cm³/mol. The summed E-state index contributed by atoms with van der Waals surface area (Å²) in [7, 11) is 2.16. The lowest BCUT2D eigenvalue weighted by molar-refractivity contribution is 0.0505. The van der Waals surface area contributed by atoms with E-state index in [1.807, 2.05) is 0 Å². The lowest BCUT2D eigenvalue weighted by Gasteiger charge is -2.46. The minimum Gasteiger partial charge on any atom is -0.315 e. The van der Waals surface area contributed by atoms with Crippen LogP contribution in [0.1, 0.15) is 59.8 Å². The number of hydrogen-bond acceptors (Lipinski definition) is 2. The van der Waals surface area contributed by atoms with Gasteiger partial charge in [0.15, 0.2) is 0 Å². The first kappa shape index (κ1) is 16.3.